The van der Waals surface area contributed by atoms with E-state index in [1.807, 2.05) is 20.0 Å². The minimum Gasteiger partial charge on any atom is -0.383 e. The van der Waals surface area contributed by atoms with Gasteiger partial charge in [0.05, 0.1) is 5.69 Å². The van der Waals surface area contributed by atoms with Crippen molar-refractivity contribution >= 4 is 11.6 Å². The molecule has 2 aromatic heterocycles. The van der Waals surface area contributed by atoms with Gasteiger partial charge in [0, 0.05) is 12.4 Å². The summed E-state index contributed by atoms with van der Waals surface area (Å²) in [5.41, 5.74) is 7.67. The van der Waals surface area contributed by atoms with Crippen LogP contribution in [-0.4, -0.2) is 14.4 Å². The van der Waals surface area contributed by atoms with Crippen LogP contribution in [0.15, 0.2) is 12.4 Å². The number of nitrogen functional groups attached to an aromatic ring is 1. The van der Waals surface area contributed by atoms with Gasteiger partial charge in [-0.05, 0) is 19.4 Å². The van der Waals surface area contributed by atoms with Gasteiger partial charge in [-0.1, -0.05) is 0 Å². The molecule has 0 aromatic carbocycles. The number of fused-ring (bicyclic) bond motifs is 1. The second kappa shape index (κ2) is 2.20. The molecule has 0 bridgehead atoms. The van der Waals surface area contributed by atoms with Crippen molar-refractivity contribution in [1.82, 2.24) is 14.4 Å². The molecular formula is C8H10N4. The molecule has 2 rings (SSSR count). The number of nitrogens with two attached hydrogens (primary N) is 1. The number of hydrogen-bond acceptors (Lipinski definition) is 3. The molecule has 2 N–H and O–H groups in total. The third-order valence-corrected chi connectivity index (χ3v) is 1.83. The Balaban J connectivity index is 2.88. The number of hydrogen-bond donors (Lipinski definition) is 1. The second-order valence-electron chi connectivity index (χ2n) is 2.88. The van der Waals surface area contributed by atoms with E-state index in [2.05, 4.69) is 9.97 Å². The average molecular weight is 162 g/mol. The highest BCUT2D eigenvalue weighted by Gasteiger charge is 2.04. The molecule has 62 valence electrons. The van der Waals surface area contributed by atoms with Crippen LogP contribution >= 0.6 is 0 Å². The molecule has 2 aromatic rings. The van der Waals surface area contributed by atoms with Crippen LogP contribution in [-0.2, 0) is 0 Å². The van der Waals surface area contributed by atoms with E-state index >= 15 is 0 Å². The number of nitrogens with zero attached hydrogens (tertiary/aromatic N) is 3. The predicted molar refractivity (Wildman–Crippen MR) is 46.9 cm³/mol. The molecule has 0 spiro atoms. The summed E-state index contributed by atoms with van der Waals surface area (Å²) in [7, 11) is 0. The van der Waals surface area contributed by atoms with Gasteiger partial charge in [0.1, 0.15) is 5.82 Å². The molecule has 0 saturated carbocycles. The van der Waals surface area contributed by atoms with E-state index in [9.17, 15) is 0 Å². The molecule has 4 heteroatoms. The lowest BCUT2D eigenvalue weighted by Crippen LogP contribution is -1.95. The van der Waals surface area contributed by atoms with Gasteiger partial charge in [0.2, 0.25) is 5.78 Å². The molecular weight excluding hydrogens is 152 g/mol. The topological polar surface area (TPSA) is 56.2 Å². The van der Waals surface area contributed by atoms with Gasteiger partial charge < -0.3 is 5.73 Å². The summed E-state index contributed by atoms with van der Waals surface area (Å²) in [6, 6.07) is 0. The fourth-order valence-corrected chi connectivity index (χ4v) is 1.16. The summed E-state index contributed by atoms with van der Waals surface area (Å²) in [6.45, 7) is 3.85. The first kappa shape index (κ1) is 7.09. The molecule has 2 heterocycles. The highest BCUT2D eigenvalue weighted by molar-refractivity contribution is 5.47. The van der Waals surface area contributed by atoms with Crippen LogP contribution in [0.3, 0.4) is 0 Å². The second-order valence-corrected chi connectivity index (χ2v) is 2.88. The molecule has 0 atom stereocenters. The highest BCUT2D eigenvalue weighted by Crippen LogP contribution is 2.11. The van der Waals surface area contributed by atoms with Crippen molar-refractivity contribution in [2.75, 3.05) is 5.73 Å². The Morgan fingerprint density at radius 1 is 1.42 bits per heavy atom. The number of aryl methyl sites for hydroxylation is 2. The quantitative estimate of drug-likeness (QED) is 0.627. The van der Waals surface area contributed by atoms with Gasteiger partial charge in [0.25, 0.3) is 0 Å². The lowest BCUT2D eigenvalue weighted by atomic mass is 10.4. The van der Waals surface area contributed by atoms with Gasteiger partial charge in [-0.25, -0.2) is 9.97 Å². The fourth-order valence-electron chi connectivity index (χ4n) is 1.16. The van der Waals surface area contributed by atoms with Crippen molar-refractivity contribution in [1.29, 1.82) is 0 Å². The minimum atomic E-state index is 0.663. The van der Waals surface area contributed by atoms with E-state index in [1.165, 1.54) is 0 Å². The molecule has 12 heavy (non-hydrogen) atoms. The van der Waals surface area contributed by atoms with Gasteiger partial charge in [-0.3, -0.25) is 4.40 Å². The fraction of sp³-hybridized carbons (Fsp3) is 0.250. The first-order chi connectivity index (χ1) is 5.68. The van der Waals surface area contributed by atoms with Crippen LogP contribution in [0.2, 0.25) is 0 Å². The van der Waals surface area contributed by atoms with Crippen LogP contribution in [0, 0.1) is 13.8 Å². The SMILES string of the molecule is Cc1cnc2nc(C)c(N)n2c1. The number of anilines is 1. The standard InChI is InChI=1S/C8H10N4/c1-5-3-10-8-11-6(2)7(9)12(8)4-5/h3-4H,9H2,1-2H3. The Labute approximate surface area is 70.1 Å². The Morgan fingerprint density at radius 3 is 2.92 bits per heavy atom. The van der Waals surface area contributed by atoms with Gasteiger partial charge >= 0.3 is 0 Å². The molecule has 0 saturated heterocycles. The Morgan fingerprint density at radius 2 is 2.17 bits per heavy atom. The van der Waals surface area contributed by atoms with Crippen molar-refractivity contribution in [3.8, 4) is 0 Å². The van der Waals surface area contributed by atoms with Gasteiger partial charge in [0.15, 0.2) is 0 Å². The third kappa shape index (κ3) is 0.845. The number of rotatable bonds is 0. The van der Waals surface area contributed by atoms with E-state index in [1.54, 1.807) is 10.6 Å². The summed E-state index contributed by atoms with van der Waals surface area (Å²) < 4.78 is 1.80. The number of imidazole rings is 1. The molecule has 4 nitrogen and oxygen atoms in total. The summed E-state index contributed by atoms with van der Waals surface area (Å²) in [5.74, 6) is 1.33. The Bertz CT molecular complexity index is 430. The number of aromatic nitrogens is 3. The van der Waals surface area contributed by atoms with Crippen LogP contribution in [0.1, 0.15) is 11.3 Å². The normalized spacial score (nSPS) is 10.8. The first-order valence-electron chi connectivity index (χ1n) is 3.75. The molecule has 0 aliphatic carbocycles. The third-order valence-electron chi connectivity index (χ3n) is 1.83. The van der Waals surface area contributed by atoms with E-state index in [4.69, 9.17) is 5.73 Å². The summed E-state index contributed by atoms with van der Waals surface area (Å²) in [6.07, 6.45) is 3.71. The van der Waals surface area contributed by atoms with Gasteiger partial charge in [-0.2, -0.15) is 0 Å². The van der Waals surface area contributed by atoms with Crippen LogP contribution in [0.5, 0.6) is 0 Å². The molecule has 0 aliphatic heterocycles. The Kier molecular flexibility index (Phi) is 1.30. The average Bonchev–Trinajstić information content (AvgIpc) is 2.31. The smallest absolute Gasteiger partial charge is 0.235 e. The van der Waals surface area contributed by atoms with E-state index < -0.39 is 0 Å². The zero-order valence-electron chi connectivity index (χ0n) is 7.07. The summed E-state index contributed by atoms with van der Waals surface area (Å²) >= 11 is 0. The minimum absolute atomic E-state index is 0.663. The van der Waals surface area contributed by atoms with E-state index in [-0.39, 0.29) is 0 Å². The lowest BCUT2D eigenvalue weighted by Gasteiger charge is -1.95. The van der Waals surface area contributed by atoms with Crippen molar-refractivity contribution in [3.05, 3.63) is 23.7 Å². The van der Waals surface area contributed by atoms with Crippen molar-refractivity contribution in [3.63, 3.8) is 0 Å². The maximum Gasteiger partial charge on any atom is 0.235 e. The summed E-state index contributed by atoms with van der Waals surface area (Å²) in [4.78, 5) is 8.31. The van der Waals surface area contributed by atoms with Crippen molar-refractivity contribution in [2.24, 2.45) is 0 Å². The van der Waals surface area contributed by atoms with E-state index in [0.717, 1.165) is 11.3 Å². The maximum atomic E-state index is 5.77. The highest BCUT2D eigenvalue weighted by atomic mass is 15.1. The van der Waals surface area contributed by atoms with Crippen LogP contribution in [0.25, 0.3) is 5.78 Å². The molecule has 0 amide bonds. The molecule has 0 aliphatic rings. The van der Waals surface area contributed by atoms with E-state index in [0.29, 0.717) is 11.6 Å². The molecule has 0 unspecified atom stereocenters. The lowest BCUT2D eigenvalue weighted by molar-refractivity contribution is 1.09. The summed E-state index contributed by atoms with van der Waals surface area (Å²) in [5, 5.41) is 0. The first-order valence-corrected chi connectivity index (χ1v) is 3.75. The predicted octanol–water partition coefficient (Wildman–Crippen LogP) is 0.928. The molecule has 0 fully saturated rings. The maximum absolute atomic E-state index is 5.77. The zero-order valence-corrected chi connectivity index (χ0v) is 7.07. The van der Waals surface area contributed by atoms with Crippen molar-refractivity contribution in [2.45, 2.75) is 13.8 Å². The van der Waals surface area contributed by atoms with Crippen LogP contribution in [0.4, 0.5) is 5.82 Å². The Hall–Kier alpha value is -1.58. The monoisotopic (exact) mass is 162 g/mol. The largest absolute Gasteiger partial charge is 0.383 e. The van der Waals surface area contributed by atoms with Gasteiger partial charge in [-0.15, -0.1) is 0 Å². The molecule has 0 radical (unpaired) electrons. The van der Waals surface area contributed by atoms with Crippen LogP contribution < -0.4 is 5.73 Å². The zero-order chi connectivity index (χ0) is 8.72. The van der Waals surface area contributed by atoms with Crippen molar-refractivity contribution < 1.29 is 0 Å².